The lowest BCUT2D eigenvalue weighted by molar-refractivity contribution is -0.151. The lowest BCUT2D eigenvalue weighted by Crippen LogP contribution is -2.54. The first-order chi connectivity index (χ1) is 18.8. The fourth-order valence-corrected chi connectivity index (χ4v) is 5.07. The van der Waals surface area contributed by atoms with Crippen LogP contribution >= 0.6 is 0 Å². The molecule has 0 saturated heterocycles. The standard InChI is InChI=1S/C29H26N4O6/c1-33-15-17(18-8-6-7-13-25(18)33)14-24(30-27(35)28(36)37)26(34)31-32-29(38)39-16-23-21-11-4-2-9-19(21)20-10-3-5-12-22(20)23/h2-13,15,23-24H,14,16H2,1H3,(H,30,35)(H,31,34)(H,32,38)(H,36,37). The van der Waals surface area contributed by atoms with Gasteiger partial charge in [-0.2, -0.15) is 0 Å². The van der Waals surface area contributed by atoms with Gasteiger partial charge in [-0.25, -0.2) is 15.0 Å². The number of carboxylic acids is 1. The van der Waals surface area contributed by atoms with Crippen LogP contribution in [0, 0.1) is 0 Å². The topological polar surface area (TPSA) is 139 Å². The van der Waals surface area contributed by atoms with E-state index in [9.17, 15) is 19.2 Å². The van der Waals surface area contributed by atoms with Gasteiger partial charge in [0.1, 0.15) is 12.6 Å². The summed E-state index contributed by atoms with van der Waals surface area (Å²) in [7, 11) is 1.84. The smallest absolute Gasteiger partial charge is 0.426 e. The summed E-state index contributed by atoms with van der Waals surface area (Å²) in [5, 5.41) is 12.1. The molecule has 3 amide bonds. The summed E-state index contributed by atoms with van der Waals surface area (Å²) < 4.78 is 7.29. The number of aromatic nitrogens is 1. The first-order valence-electron chi connectivity index (χ1n) is 12.3. The number of carbonyl (C=O) groups is 4. The number of carboxylic acid groups (broad SMARTS) is 1. The average Bonchev–Trinajstić information content (AvgIpc) is 3.44. The highest BCUT2D eigenvalue weighted by molar-refractivity contribution is 6.32. The molecular formula is C29H26N4O6. The van der Waals surface area contributed by atoms with E-state index in [0.717, 1.165) is 38.7 Å². The molecule has 5 rings (SSSR count). The Morgan fingerprint density at radius 2 is 1.51 bits per heavy atom. The molecule has 1 heterocycles. The highest BCUT2D eigenvalue weighted by atomic mass is 16.6. The van der Waals surface area contributed by atoms with Crippen molar-refractivity contribution in [3.63, 3.8) is 0 Å². The Hall–Kier alpha value is -5.12. The zero-order valence-electron chi connectivity index (χ0n) is 21.0. The van der Waals surface area contributed by atoms with E-state index in [2.05, 4.69) is 16.2 Å². The van der Waals surface area contributed by atoms with Gasteiger partial charge < -0.3 is 19.7 Å². The SMILES string of the molecule is Cn1cc(CC(NC(=O)C(=O)O)C(=O)NNC(=O)OCC2c3ccccc3-c3ccccc32)c2ccccc21. The van der Waals surface area contributed by atoms with Crippen LogP contribution in [0.4, 0.5) is 4.79 Å². The number of ether oxygens (including phenoxy) is 1. The van der Waals surface area contributed by atoms with E-state index in [4.69, 9.17) is 9.84 Å². The van der Waals surface area contributed by atoms with Gasteiger partial charge in [0.25, 0.3) is 5.91 Å². The molecule has 0 saturated carbocycles. The predicted molar refractivity (Wildman–Crippen MR) is 143 cm³/mol. The molecule has 39 heavy (non-hydrogen) atoms. The Bertz CT molecular complexity index is 1550. The number of carbonyl (C=O) groups excluding carboxylic acids is 3. The second-order valence-corrected chi connectivity index (χ2v) is 9.26. The van der Waals surface area contributed by atoms with Crippen molar-refractivity contribution >= 4 is 34.8 Å². The third kappa shape index (κ3) is 5.17. The highest BCUT2D eigenvalue weighted by Gasteiger charge is 2.30. The molecule has 3 aromatic carbocycles. The van der Waals surface area contributed by atoms with Gasteiger partial charge in [0.05, 0.1) is 0 Å². The monoisotopic (exact) mass is 526 g/mol. The summed E-state index contributed by atoms with van der Waals surface area (Å²) in [6.07, 6.45) is 0.911. The number of fused-ring (bicyclic) bond motifs is 4. The Kier molecular flexibility index (Phi) is 7.00. The van der Waals surface area contributed by atoms with Crippen molar-refractivity contribution < 1.29 is 29.0 Å². The Morgan fingerprint density at radius 1 is 0.897 bits per heavy atom. The van der Waals surface area contributed by atoms with Gasteiger partial charge in [0.15, 0.2) is 0 Å². The molecule has 198 valence electrons. The molecule has 1 atom stereocenters. The molecule has 1 unspecified atom stereocenters. The zero-order valence-corrected chi connectivity index (χ0v) is 21.0. The maximum Gasteiger partial charge on any atom is 0.426 e. The predicted octanol–water partition coefficient (Wildman–Crippen LogP) is 2.86. The quantitative estimate of drug-likeness (QED) is 0.225. The molecule has 0 spiro atoms. The molecule has 0 aliphatic heterocycles. The number of aryl methyl sites for hydroxylation is 1. The number of nitrogens with zero attached hydrogens (tertiary/aromatic N) is 1. The maximum atomic E-state index is 12.9. The third-order valence-corrected chi connectivity index (χ3v) is 6.85. The second kappa shape index (κ2) is 10.7. The molecule has 10 heteroatoms. The van der Waals surface area contributed by atoms with Crippen LogP contribution < -0.4 is 16.2 Å². The van der Waals surface area contributed by atoms with Crippen LogP contribution in [0.3, 0.4) is 0 Å². The molecule has 0 fully saturated rings. The van der Waals surface area contributed by atoms with E-state index in [-0.39, 0.29) is 18.9 Å². The minimum Gasteiger partial charge on any atom is -0.474 e. The van der Waals surface area contributed by atoms with Gasteiger partial charge in [-0.05, 0) is 33.9 Å². The molecule has 0 radical (unpaired) electrons. The van der Waals surface area contributed by atoms with Gasteiger partial charge in [0, 0.05) is 36.5 Å². The summed E-state index contributed by atoms with van der Waals surface area (Å²) in [4.78, 5) is 48.5. The van der Waals surface area contributed by atoms with Crippen LogP contribution in [0.2, 0.25) is 0 Å². The first kappa shape index (κ1) is 25.5. The van der Waals surface area contributed by atoms with E-state index < -0.39 is 29.9 Å². The van der Waals surface area contributed by atoms with Crippen molar-refractivity contribution in [2.75, 3.05) is 6.61 Å². The van der Waals surface area contributed by atoms with Gasteiger partial charge >= 0.3 is 18.0 Å². The zero-order chi connectivity index (χ0) is 27.5. The lowest BCUT2D eigenvalue weighted by atomic mass is 9.98. The van der Waals surface area contributed by atoms with Crippen molar-refractivity contribution in [3.05, 3.63) is 95.7 Å². The summed E-state index contributed by atoms with van der Waals surface area (Å²) in [6, 6.07) is 22.0. The normalized spacial score (nSPS) is 12.7. The Balaban J connectivity index is 1.24. The number of benzene rings is 3. The van der Waals surface area contributed by atoms with Crippen molar-refractivity contribution in [1.29, 1.82) is 0 Å². The van der Waals surface area contributed by atoms with E-state index in [0.29, 0.717) is 0 Å². The minimum atomic E-state index is -1.73. The molecule has 1 aliphatic rings. The number of hydrogen-bond acceptors (Lipinski definition) is 5. The molecule has 0 bridgehead atoms. The van der Waals surface area contributed by atoms with Gasteiger partial charge in [0.2, 0.25) is 0 Å². The van der Waals surface area contributed by atoms with Gasteiger partial charge in [-0.15, -0.1) is 0 Å². The number of aliphatic carboxylic acids is 1. The van der Waals surface area contributed by atoms with E-state index in [1.807, 2.05) is 84.4 Å². The number of amides is 3. The number of para-hydroxylation sites is 1. The fraction of sp³-hybridized carbons (Fsp3) is 0.172. The maximum absolute atomic E-state index is 12.9. The number of rotatable bonds is 6. The molecule has 4 aromatic rings. The van der Waals surface area contributed by atoms with Crippen molar-refractivity contribution in [2.45, 2.75) is 18.4 Å². The number of hydrazine groups is 1. The summed E-state index contributed by atoms with van der Waals surface area (Å²) in [5.41, 5.74) is 10.3. The summed E-state index contributed by atoms with van der Waals surface area (Å²) in [5.74, 6) is -4.02. The van der Waals surface area contributed by atoms with Gasteiger partial charge in [-0.1, -0.05) is 66.7 Å². The number of nitrogens with one attached hydrogen (secondary N) is 3. The highest BCUT2D eigenvalue weighted by Crippen LogP contribution is 2.44. The van der Waals surface area contributed by atoms with Crippen LogP contribution in [0.25, 0.3) is 22.0 Å². The van der Waals surface area contributed by atoms with Crippen LogP contribution in [0.15, 0.2) is 79.0 Å². The largest absolute Gasteiger partial charge is 0.474 e. The average molecular weight is 527 g/mol. The fourth-order valence-electron chi connectivity index (χ4n) is 5.07. The van der Waals surface area contributed by atoms with Gasteiger partial charge in [-0.3, -0.25) is 15.0 Å². The molecule has 1 aromatic heterocycles. The van der Waals surface area contributed by atoms with E-state index in [1.165, 1.54) is 0 Å². The molecule has 4 N–H and O–H groups in total. The summed E-state index contributed by atoms with van der Waals surface area (Å²) in [6.45, 7) is 0.0465. The first-order valence-corrected chi connectivity index (χ1v) is 12.3. The van der Waals surface area contributed by atoms with Crippen molar-refractivity contribution in [1.82, 2.24) is 20.7 Å². The Morgan fingerprint density at radius 3 is 2.18 bits per heavy atom. The Labute approximate surface area is 223 Å². The van der Waals surface area contributed by atoms with E-state index in [1.54, 1.807) is 6.20 Å². The van der Waals surface area contributed by atoms with Crippen molar-refractivity contribution in [3.8, 4) is 11.1 Å². The van der Waals surface area contributed by atoms with Crippen LogP contribution in [-0.4, -0.2) is 46.2 Å². The van der Waals surface area contributed by atoms with Crippen LogP contribution in [0.5, 0.6) is 0 Å². The second-order valence-electron chi connectivity index (χ2n) is 9.26. The molecular weight excluding hydrogens is 500 g/mol. The third-order valence-electron chi connectivity index (χ3n) is 6.85. The summed E-state index contributed by atoms with van der Waals surface area (Å²) >= 11 is 0. The molecule has 10 nitrogen and oxygen atoms in total. The number of hydrogen-bond donors (Lipinski definition) is 4. The van der Waals surface area contributed by atoms with Crippen LogP contribution in [-0.2, 0) is 32.6 Å². The van der Waals surface area contributed by atoms with Crippen LogP contribution in [0.1, 0.15) is 22.6 Å². The van der Waals surface area contributed by atoms with E-state index >= 15 is 0 Å². The lowest BCUT2D eigenvalue weighted by Gasteiger charge is -2.18. The molecule has 1 aliphatic carbocycles. The minimum absolute atomic E-state index is 0.00141. The van der Waals surface area contributed by atoms with Crippen molar-refractivity contribution in [2.24, 2.45) is 7.05 Å².